The van der Waals surface area contributed by atoms with Crippen molar-refractivity contribution in [2.24, 2.45) is 0 Å². The van der Waals surface area contributed by atoms with Gasteiger partial charge in [0.1, 0.15) is 5.75 Å². The lowest BCUT2D eigenvalue weighted by molar-refractivity contribution is 0.0688. The molecule has 0 unspecified atom stereocenters. The number of carbonyl (C=O) groups is 1. The molecule has 3 rings (SSSR count). The molecular formula is C15H15ClN2O3. The Hall–Kier alpha value is -2.01. The molecule has 0 atom stereocenters. The lowest BCUT2D eigenvalue weighted by Crippen LogP contribution is -2.08. The first-order valence-electron chi connectivity index (χ1n) is 6.80. The van der Waals surface area contributed by atoms with E-state index in [0.717, 1.165) is 42.6 Å². The molecule has 21 heavy (non-hydrogen) atoms. The van der Waals surface area contributed by atoms with E-state index >= 15 is 0 Å². The molecule has 1 aromatic heterocycles. The predicted molar refractivity (Wildman–Crippen MR) is 78.7 cm³/mol. The minimum Gasteiger partial charge on any atom is -0.495 e. The first-order valence-corrected chi connectivity index (χ1v) is 7.17. The summed E-state index contributed by atoms with van der Waals surface area (Å²) in [7, 11) is 1.55. The zero-order chi connectivity index (χ0) is 15.0. The standard InChI is InChI=1S/C15H15ClN2O3/c1-21-13-7-6-9(8-11(13)16)18-12-5-3-2-4-10(12)14(17-18)15(19)20/h6-8H,2-5H2,1H3,(H,19,20). The number of fused-ring (bicyclic) bond motifs is 1. The Morgan fingerprint density at radius 3 is 2.81 bits per heavy atom. The number of hydrogen-bond donors (Lipinski definition) is 1. The lowest BCUT2D eigenvalue weighted by Gasteiger charge is -2.14. The van der Waals surface area contributed by atoms with Gasteiger partial charge in [0.15, 0.2) is 5.69 Å². The molecule has 0 amide bonds. The molecule has 0 fully saturated rings. The number of aromatic nitrogens is 2. The third-order valence-corrected chi connectivity index (χ3v) is 4.06. The van der Waals surface area contributed by atoms with Gasteiger partial charge in [-0.1, -0.05) is 11.6 Å². The van der Waals surface area contributed by atoms with Crippen LogP contribution in [-0.2, 0) is 12.8 Å². The second-order valence-corrected chi connectivity index (χ2v) is 5.42. The van der Waals surface area contributed by atoms with Gasteiger partial charge in [-0.2, -0.15) is 5.10 Å². The smallest absolute Gasteiger partial charge is 0.356 e. The average Bonchev–Trinajstić information content (AvgIpc) is 2.87. The molecule has 1 aliphatic carbocycles. The van der Waals surface area contributed by atoms with Gasteiger partial charge in [-0.15, -0.1) is 0 Å². The molecule has 1 aliphatic rings. The van der Waals surface area contributed by atoms with E-state index in [4.69, 9.17) is 16.3 Å². The van der Waals surface area contributed by atoms with E-state index < -0.39 is 5.97 Å². The minimum atomic E-state index is -0.980. The Labute approximate surface area is 127 Å². The molecule has 0 saturated carbocycles. The highest BCUT2D eigenvalue weighted by molar-refractivity contribution is 6.32. The highest BCUT2D eigenvalue weighted by Gasteiger charge is 2.25. The van der Waals surface area contributed by atoms with Gasteiger partial charge in [0.05, 0.1) is 17.8 Å². The number of methoxy groups -OCH3 is 1. The van der Waals surface area contributed by atoms with E-state index in [-0.39, 0.29) is 5.69 Å². The van der Waals surface area contributed by atoms with Crippen molar-refractivity contribution in [2.75, 3.05) is 7.11 Å². The van der Waals surface area contributed by atoms with Gasteiger partial charge < -0.3 is 9.84 Å². The Balaban J connectivity index is 2.14. The lowest BCUT2D eigenvalue weighted by atomic mass is 9.95. The van der Waals surface area contributed by atoms with Crippen LogP contribution in [0.2, 0.25) is 5.02 Å². The largest absolute Gasteiger partial charge is 0.495 e. The fourth-order valence-corrected chi connectivity index (χ4v) is 3.02. The maximum absolute atomic E-state index is 11.4. The van der Waals surface area contributed by atoms with E-state index in [2.05, 4.69) is 5.10 Å². The number of aromatic carboxylic acids is 1. The summed E-state index contributed by atoms with van der Waals surface area (Å²) in [6, 6.07) is 5.33. The van der Waals surface area contributed by atoms with Crippen molar-refractivity contribution in [1.82, 2.24) is 9.78 Å². The second-order valence-electron chi connectivity index (χ2n) is 5.02. The zero-order valence-electron chi connectivity index (χ0n) is 11.6. The van der Waals surface area contributed by atoms with Crippen LogP contribution < -0.4 is 4.74 Å². The number of halogens is 1. The van der Waals surface area contributed by atoms with Gasteiger partial charge in [0.2, 0.25) is 0 Å². The first-order chi connectivity index (χ1) is 10.1. The summed E-state index contributed by atoms with van der Waals surface area (Å²) in [5.74, 6) is -0.397. The number of benzene rings is 1. The number of carboxylic acid groups (broad SMARTS) is 1. The molecule has 110 valence electrons. The maximum atomic E-state index is 11.4. The molecule has 1 aromatic carbocycles. The fourth-order valence-electron chi connectivity index (χ4n) is 2.77. The normalized spacial score (nSPS) is 13.8. The average molecular weight is 307 g/mol. The second kappa shape index (κ2) is 5.41. The van der Waals surface area contributed by atoms with Gasteiger partial charge in [0, 0.05) is 11.3 Å². The number of rotatable bonds is 3. The Kier molecular flexibility index (Phi) is 3.59. The van der Waals surface area contributed by atoms with Gasteiger partial charge in [-0.3, -0.25) is 0 Å². The molecule has 1 N–H and O–H groups in total. The zero-order valence-corrected chi connectivity index (χ0v) is 12.4. The molecular weight excluding hydrogens is 292 g/mol. The Morgan fingerprint density at radius 1 is 1.38 bits per heavy atom. The third kappa shape index (κ3) is 2.38. The van der Waals surface area contributed by atoms with Crippen molar-refractivity contribution in [2.45, 2.75) is 25.7 Å². The van der Waals surface area contributed by atoms with E-state index in [0.29, 0.717) is 10.8 Å². The van der Waals surface area contributed by atoms with Crippen molar-refractivity contribution >= 4 is 17.6 Å². The summed E-state index contributed by atoms with van der Waals surface area (Å²) in [6.45, 7) is 0. The van der Waals surface area contributed by atoms with E-state index in [1.807, 2.05) is 6.07 Å². The molecule has 0 bridgehead atoms. The van der Waals surface area contributed by atoms with Crippen LogP contribution in [0.25, 0.3) is 5.69 Å². The number of carboxylic acids is 1. The molecule has 0 aliphatic heterocycles. The molecule has 0 spiro atoms. The summed E-state index contributed by atoms with van der Waals surface area (Å²) in [5, 5.41) is 14.1. The Bertz CT molecular complexity index is 709. The van der Waals surface area contributed by atoms with Gasteiger partial charge in [-0.25, -0.2) is 9.48 Å². The summed E-state index contributed by atoms with van der Waals surface area (Å²) in [6.07, 6.45) is 3.64. The molecule has 0 radical (unpaired) electrons. The monoisotopic (exact) mass is 306 g/mol. The quantitative estimate of drug-likeness (QED) is 0.946. The van der Waals surface area contributed by atoms with Crippen LogP contribution in [0.4, 0.5) is 0 Å². The van der Waals surface area contributed by atoms with Crippen LogP contribution in [0, 0.1) is 0 Å². The van der Waals surface area contributed by atoms with Crippen molar-refractivity contribution in [3.8, 4) is 11.4 Å². The molecule has 6 heteroatoms. The molecule has 5 nitrogen and oxygen atoms in total. The molecule has 2 aromatic rings. The van der Waals surface area contributed by atoms with Crippen molar-refractivity contribution in [3.63, 3.8) is 0 Å². The van der Waals surface area contributed by atoms with Crippen LogP contribution in [0.5, 0.6) is 5.75 Å². The highest BCUT2D eigenvalue weighted by atomic mass is 35.5. The highest BCUT2D eigenvalue weighted by Crippen LogP contribution is 2.30. The van der Waals surface area contributed by atoms with Crippen LogP contribution in [0.15, 0.2) is 18.2 Å². The number of hydrogen-bond acceptors (Lipinski definition) is 3. The maximum Gasteiger partial charge on any atom is 0.356 e. The SMILES string of the molecule is COc1ccc(-n2nc(C(=O)O)c3c2CCCC3)cc1Cl. The Morgan fingerprint density at radius 2 is 2.14 bits per heavy atom. The molecule has 0 saturated heterocycles. The topological polar surface area (TPSA) is 64.4 Å². The summed E-state index contributed by atoms with van der Waals surface area (Å²) in [4.78, 5) is 11.4. The predicted octanol–water partition coefficient (Wildman–Crippen LogP) is 3.11. The van der Waals surface area contributed by atoms with Gasteiger partial charge >= 0.3 is 5.97 Å². The van der Waals surface area contributed by atoms with Crippen LogP contribution >= 0.6 is 11.6 Å². The van der Waals surface area contributed by atoms with Crippen LogP contribution in [0.3, 0.4) is 0 Å². The first kappa shape index (κ1) is 13.9. The van der Waals surface area contributed by atoms with Crippen molar-refractivity contribution in [1.29, 1.82) is 0 Å². The van der Waals surface area contributed by atoms with Crippen LogP contribution in [0.1, 0.15) is 34.6 Å². The van der Waals surface area contributed by atoms with Crippen molar-refractivity contribution < 1.29 is 14.6 Å². The van der Waals surface area contributed by atoms with Crippen molar-refractivity contribution in [3.05, 3.63) is 40.2 Å². The van der Waals surface area contributed by atoms with E-state index in [9.17, 15) is 9.90 Å². The van der Waals surface area contributed by atoms with Gasteiger partial charge in [-0.05, 0) is 43.9 Å². The van der Waals surface area contributed by atoms with E-state index in [1.54, 1.807) is 23.9 Å². The minimum absolute atomic E-state index is 0.150. The summed E-state index contributed by atoms with van der Waals surface area (Å²) >= 11 is 6.15. The van der Waals surface area contributed by atoms with Gasteiger partial charge in [0.25, 0.3) is 0 Å². The number of ether oxygens (including phenoxy) is 1. The molecule has 1 heterocycles. The summed E-state index contributed by atoms with van der Waals surface area (Å²) < 4.78 is 6.83. The summed E-state index contributed by atoms with van der Waals surface area (Å²) in [5.41, 5.74) is 2.73. The van der Waals surface area contributed by atoms with Crippen LogP contribution in [-0.4, -0.2) is 28.0 Å². The fraction of sp³-hybridized carbons (Fsp3) is 0.333. The van der Waals surface area contributed by atoms with E-state index in [1.165, 1.54) is 0 Å². The number of nitrogens with zero attached hydrogens (tertiary/aromatic N) is 2. The third-order valence-electron chi connectivity index (χ3n) is 3.76.